The van der Waals surface area contributed by atoms with E-state index in [0.29, 0.717) is 17.7 Å². The SMILES string of the molecule is CC[C@@H](C)[C@@H](NS(=O)(=O)c1ccc(-c2ccc(NC(=O)c3cc4ccccc4o3)cc2)cc1)C(=O)O. The molecule has 36 heavy (non-hydrogen) atoms. The number of carboxylic acid groups (broad SMARTS) is 1. The van der Waals surface area contributed by atoms with Crippen LogP contribution in [-0.2, 0) is 14.8 Å². The average Bonchev–Trinajstić information content (AvgIpc) is 3.32. The zero-order valence-corrected chi connectivity index (χ0v) is 20.6. The van der Waals surface area contributed by atoms with E-state index in [-0.39, 0.29) is 22.5 Å². The normalized spacial score (nSPS) is 13.3. The van der Waals surface area contributed by atoms with Gasteiger partial charge in [0.15, 0.2) is 5.76 Å². The predicted octanol–water partition coefficient (Wildman–Crippen LogP) is 5.13. The quantitative estimate of drug-likeness (QED) is 0.289. The number of carbonyl (C=O) groups excluding carboxylic acids is 1. The molecule has 2 atom stereocenters. The van der Waals surface area contributed by atoms with Gasteiger partial charge >= 0.3 is 5.97 Å². The largest absolute Gasteiger partial charge is 0.480 e. The maximum absolute atomic E-state index is 12.7. The van der Waals surface area contributed by atoms with Crippen molar-refractivity contribution in [2.75, 3.05) is 5.32 Å². The van der Waals surface area contributed by atoms with Crippen molar-refractivity contribution in [1.29, 1.82) is 0 Å². The lowest BCUT2D eigenvalue weighted by Gasteiger charge is -2.20. The van der Waals surface area contributed by atoms with Gasteiger partial charge in [-0.1, -0.05) is 62.7 Å². The number of anilines is 1. The van der Waals surface area contributed by atoms with Gasteiger partial charge in [-0.25, -0.2) is 8.42 Å². The molecular formula is C27H26N2O6S. The van der Waals surface area contributed by atoms with Gasteiger partial charge < -0.3 is 14.8 Å². The molecule has 0 bridgehead atoms. The van der Waals surface area contributed by atoms with Crippen molar-refractivity contribution in [3.63, 3.8) is 0 Å². The second kappa shape index (κ2) is 10.3. The number of aliphatic carboxylic acids is 1. The third-order valence-corrected chi connectivity index (χ3v) is 7.51. The highest BCUT2D eigenvalue weighted by Crippen LogP contribution is 2.25. The summed E-state index contributed by atoms with van der Waals surface area (Å²) in [5.74, 6) is -1.72. The van der Waals surface area contributed by atoms with E-state index in [1.54, 1.807) is 62.4 Å². The van der Waals surface area contributed by atoms with Crippen LogP contribution >= 0.6 is 0 Å². The number of rotatable bonds is 9. The van der Waals surface area contributed by atoms with Gasteiger partial charge in [-0.3, -0.25) is 9.59 Å². The molecule has 3 aromatic carbocycles. The summed E-state index contributed by atoms with van der Waals surface area (Å²) in [5, 5.41) is 13.0. The molecule has 8 nitrogen and oxygen atoms in total. The Morgan fingerprint density at radius 1 is 0.944 bits per heavy atom. The van der Waals surface area contributed by atoms with Crippen LogP contribution < -0.4 is 10.0 Å². The molecule has 4 rings (SSSR count). The maximum atomic E-state index is 12.7. The molecule has 0 radical (unpaired) electrons. The third-order valence-electron chi connectivity index (χ3n) is 6.05. The molecule has 0 saturated carbocycles. The first-order chi connectivity index (χ1) is 17.2. The predicted molar refractivity (Wildman–Crippen MR) is 137 cm³/mol. The van der Waals surface area contributed by atoms with Gasteiger partial charge in [0.25, 0.3) is 5.91 Å². The average molecular weight is 507 g/mol. The van der Waals surface area contributed by atoms with Crippen LogP contribution in [0.3, 0.4) is 0 Å². The molecule has 0 aliphatic rings. The van der Waals surface area contributed by atoms with E-state index in [2.05, 4.69) is 10.0 Å². The summed E-state index contributed by atoms with van der Waals surface area (Å²) in [5.41, 5.74) is 2.80. The van der Waals surface area contributed by atoms with Gasteiger partial charge in [-0.05, 0) is 53.4 Å². The lowest BCUT2D eigenvalue weighted by molar-refractivity contribution is -0.140. The standard InChI is InChI=1S/C27H26N2O6S/c1-3-17(2)25(27(31)32)29-36(33,34)22-14-10-19(11-15-22)18-8-12-21(13-9-18)28-26(30)24-16-20-6-4-5-7-23(20)35-24/h4-17,25,29H,3H2,1-2H3,(H,28,30)(H,31,32)/t17-,25-/m1/s1. The van der Waals surface area contributed by atoms with Gasteiger partial charge in [-0.2, -0.15) is 4.72 Å². The van der Waals surface area contributed by atoms with Gasteiger partial charge in [0, 0.05) is 11.1 Å². The Kier molecular flexibility index (Phi) is 7.23. The molecule has 186 valence electrons. The van der Waals surface area contributed by atoms with Crippen LogP contribution in [0.25, 0.3) is 22.1 Å². The van der Waals surface area contributed by atoms with Crippen molar-refractivity contribution in [2.24, 2.45) is 5.92 Å². The first kappa shape index (κ1) is 25.2. The first-order valence-corrected chi connectivity index (χ1v) is 12.9. The van der Waals surface area contributed by atoms with E-state index in [0.717, 1.165) is 16.5 Å². The van der Waals surface area contributed by atoms with Crippen molar-refractivity contribution in [3.05, 3.63) is 84.6 Å². The zero-order chi connectivity index (χ0) is 25.9. The Balaban J connectivity index is 1.45. The monoisotopic (exact) mass is 506 g/mol. The molecule has 0 aliphatic heterocycles. The topological polar surface area (TPSA) is 126 Å². The molecule has 0 fully saturated rings. The second-order valence-electron chi connectivity index (χ2n) is 8.53. The number of nitrogens with one attached hydrogen (secondary N) is 2. The summed E-state index contributed by atoms with van der Waals surface area (Å²) in [6.07, 6.45) is 0.521. The fourth-order valence-electron chi connectivity index (χ4n) is 3.74. The maximum Gasteiger partial charge on any atom is 0.322 e. The van der Waals surface area contributed by atoms with E-state index >= 15 is 0 Å². The minimum Gasteiger partial charge on any atom is -0.480 e. The highest BCUT2D eigenvalue weighted by atomic mass is 32.2. The molecule has 0 saturated heterocycles. The van der Waals surface area contributed by atoms with Crippen molar-refractivity contribution >= 4 is 38.6 Å². The minimum absolute atomic E-state index is 0.0180. The fraction of sp³-hybridized carbons (Fsp3) is 0.185. The number of carboxylic acids is 1. The Morgan fingerprint density at radius 2 is 1.56 bits per heavy atom. The van der Waals surface area contributed by atoms with Crippen molar-refractivity contribution in [1.82, 2.24) is 4.72 Å². The number of hydrogen-bond acceptors (Lipinski definition) is 5. The van der Waals surface area contributed by atoms with Crippen molar-refractivity contribution in [2.45, 2.75) is 31.2 Å². The summed E-state index contributed by atoms with van der Waals surface area (Å²) < 4.78 is 33.3. The molecule has 0 spiro atoms. The highest BCUT2D eigenvalue weighted by Gasteiger charge is 2.29. The number of carbonyl (C=O) groups is 2. The number of para-hydroxylation sites is 1. The van der Waals surface area contributed by atoms with E-state index in [1.165, 1.54) is 12.1 Å². The molecule has 3 N–H and O–H groups in total. The second-order valence-corrected chi connectivity index (χ2v) is 10.2. The first-order valence-electron chi connectivity index (χ1n) is 11.4. The van der Waals surface area contributed by atoms with Gasteiger partial charge in [0.05, 0.1) is 4.90 Å². The van der Waals surface area contributed by atoms with Gasteiger partial charge in [-0.15, -0.1) is 0 Å². The van der Waals surface area contributed by atoms with E-state index < -0.39 is 22.0 Å². The van der Waals surface area contributed by atoms with Crippen LogP contribution in [0.4, 0.5) is 5.69 Å². The van der Waals surface area contributed by atoms with Crippen LogP contribution in [0.15, 0.2) is 88.2 Å². The molecule has 0 unspecified atom stereocenters. The number of benzene rings is 3. The van der Waals surface area contributed by atoms with Gasteiger partial charge in [0.2, 0.25) is 10.0 Å². The molecule has 4 aromatic rings. The fourth-order valence-corrected chi connectivity index (χ4v) is 5.04. The smallest absolute Gasteiger partial charge is 0.322 e. The lowest BCUT2D eigenvalue weighted by atomic mass is 10.0. The summed E-state index contributed by atoms with van der Waals surface area (Å²) in [6, 6.07) is 21.1. The number of furan rings is 1. The molecule has 1 amide bonds. The Morgan fingerprint density at radius 3 is 2.14 bits per heavy atom. The van der Waals surface area contributed by atoms with E-state index in [1.807, 2.05) is 18.2 Å². The lowest BCUT2D eigenvalue weighted by Crippen LogP contribution is -2.44. The van der Waals surface area contributed by atoms with Crippen LogP contribution in [0.5, 0.6) is 0 Å². The van der Waals surface area contributed by atoms with Crippen LogP contribution in [-0.4, -0.2) is 31.4 Å². The van der Waals surface area contributed by atoms with Crippen LogP contribution in [0.2, 0.25) is 0 Å². The van der Waals surface area contributed by atoms with Crippen molar-refractivity contribution < 1.29 is 27.5 Å². The van der Waals surface area contributed by atoms with Gasteiger partial charge in [0.1, 0.15) is 11.6 Å². The minimum atomic E-state index is -4.00. The third kappa shape index (κ3) is 5.48. The molecule has 1 heterocycles. The number of fused-ring (bicyclic) bond motifs is 1. The van der Waals surface area contributed by atoms with Crippen molar-refractivity contribution in [3.8, 4) is 11.1 Å². The summed E-state index contributed by atoms with van der Waals surface area (Å²) in [6.45, 7) is 3.49. The molecule has 1 aromatic heterocycles. The Labute approximate surface area is 209 Å². The number of sulfonamides is 1. The summed E-state index contributed by atoms with van der Waals surface area (Å²) in [4.78, 5) is 24.0. The Hall–Kier alpha value is -3.95. The van der Waals surface area contributed by atoms with E-state index in [9.17, 15) is 23.1 Å². The van der Waals surface area contributed by atoms with Crippen LogP contribution in [0, 0.1) is 5.92 Å². The summed E-state index contributed by atoms with van der Waals surface area (Å²) in [7, 11) is -4.00. The molecule has 0 aliphatic carbocycles. The molecule has 9 heteroatoms. The highest BCUT2D eigenvalue weighted by molar-refractivity contribution is 7.89. The number of amides is 1. The Bertz CT molecular complexity index is 1460. The van der Waals surface area contributed by atoms with Crippen LogP contribution in [0.1, 0.15) is 30.8 Å². The number of hydrogen-bond donors (Lipinski definition) is 3. The zero-order valence-electron chi connectivity index (χ0n) is 19.8. The molecular weight excluding hydrogens is 480 g/mol. The summed E-state index contributed by atoms with van der Waals surface area (Å²) >= 11 is 0. The van der Waals surface area contributed by atoms with E-state index in [4.69, 9.17) is 4.42 Å².